The van der Waals surface area contributed by atoms with Crippen molar-refractivity contribution in [3.05, 3.63) is 23.2 Å². The highest BCUT2D eigenvalue weighted by Gasteiger charge is 2.26. The summed E-state index contributed by atoms with van der Waals surface area (Å²) >= 11 is 5.86. The van der Waals surface area contributed by atoms with Gasteiger partial charge in [-0.2, -0.15) is 4.31 Å². The zero-order chi connectivity index (χ0) is 14.0. The van der Waals surface area contributed by atoms with E-state index >= 15 is 0 Å². The Hall–Kier alpha value is -0.820. The second-order valence-electron chi connectivity index (χ2n) is 4.60. The van der Waals surface area contributed by atoms with Crippen LogP contribution in [0.5, 0.6) is 0 Å². The predicted octanol–water partition coefficient (Wildman–Crippen LogP) is 1.72. The molecule has 0 aromatic heterocycles. The molecular weight excluding hydrogens is 288 g/mol. The Morgan fingerprint density at radius 2 is 2.26 bits per heavy atom. The number of nitrogens with zero attached hydrogens (tertiary/aromatic N) is 1. The van der Waals surface area contributed by atoms with Crippen LogP contribution in [0.25, 0.3) is 0 Å². The SMILES string of the molecule is CN(CC1CCCO1)S(=O)(=O)c1ccc(N)c(Cl)c1. The van der Waals surface area contributed by atoms with Crippen LogP contribution in [-0.2, 0) is 14.8 Å². The van der Waals surface area contributed by atoms with Gasteiger partial charge >= 0.3 is 0 Å². The summed E-state index contributed by atoms with van der Waals surface area (Å²) in [6, 6.07) is 4.33. The minimum atomic E-state index is -3.55. The summed E-state index contributed by atoms with van der Waals surface area (Å²) in [5.41, 5.74) is 5.94. The molecule has 2 rings (SSSR count). The third-order valence-corrected chi connectivity index (χ3v) is 5.31. The van der Waals surface area contributed by atoms with E-state index in [-0.39, 0.29) is 16.0 Å². The van der Waals surface area contributed by atoms with Crippen LogP contribution in [0.1, 0.15) is 12.8 Å². The van der Waals surface area contributed by atoms with Crippen LogP contribution in [-0.4, -0.2) is 39.0 Å². The van der Waals surface area contributed by atoms with E-state index in [0.717, 1.165) is 12.8 Å². The fraction of sp³-hybridized carbons (Fsp3) is 0.500. The molecule has 1 unspecified atom stereocenters. The van der Waals surface area contributed by atoms with Crippen LogP contribution in [0.2, 0.25) is 5.02 Å². The second kappa shape index (κ2) is 5.66. The molecule has 7 heteroatoms. The zero-order valence-corrected chi connectivity index (χ0v) is 12.2. The Balaban J connectivity index is 2.18. The summed E-state index contributed by atoms with van der Waals surface area (Å²) in [6.45, 7) is 1.05. The Morgan fingerprint density at radius 3 is 2.84 bits per heavy atom. The average molecular weight is 305 g/mol. The van der Waals surface area contributed by atoms with Crippen molar-refractivity contribution in [1.29, 1.82) is 0 Å². The van der Waals surface area contributed by atoms with Gasteiger partial charge in [0.15, 0.2) is 0 Å². The normalized spacial score (nSPS) is 20.1. The van der Waals surface area contributed by atoms with Crippen LogP contribution in [0.3, 0.4) is 0 Å². The first-order chi connectivity index (χ1) is 8.91. The zero-order valence-electron chi connectivity index (χ0n) is 10.7. The van der Waals surface area contributed by atoms with Gasteiger partial charge in [0.2, 0.25) is 10.0 Å². The molecule has 106 valence electrons. The first-order valence-electron chi connectivity index (χ1n) is 6.04. The van der Waals surface area contributed by atoms with Gasteiger partial charge in [-0.25, -0.2) is 8.42 Å². The summed E-state index contributed by atoms with van der Waals surface area (Å²) in [5.74, 6) is 0. The highest BCUT2D eigenvalue weighted by atomic mass is 35.5. The Morgan fingerprint density at radius 1 is 1.53 bits per heavy atom. The van der Waals surface area contributed by atoms with Crippen molar-refractivity contribution in [2.45, 2.75) is 23.8 Å². The molecule has 5 nitrogen and oxygen atoms in total. The van der Waals surface area contributed by atoms with Crippen LogP contribution in [0.4, 0.5) is 5.69 Å². The largest absolute Gasteiger partial charge is 0.398 e. The van der Waals surface area contributed by atoms with Crippen molar-refractivity contribution in [3.8, 4) is 0 Å². The molecule has 1 fully saturated rings. The summed E-state index contributed by atoms with van der Waals surface area (Å²) in [6.07, 6.45) is 1.85. The third-order valence-electron chi connectivity index (χ3n) is 3.16. The minimum absolute atomic E-state index is 0.0240. The number of rotatable bonds is 4. The highest BCUT2D eigenvalue weighted by molar-refractivity contribution is 7.89. The molecule has 0 amide bonds. The fourth-order valence-electron chi connectivity index (χ4n) is 2.02. The lowest BCUT2D eigenvalue weighted by Gasteiger charge is -2.20. The number of likely N-dealkylation sites (N-methyl/N-ethyl adjacent to an activating group) is 1. The molecule has 1 saturated heterocycles. The predicted molar refractivity (Wildman–Crippen MR) is 74.7 cm³/mol. The molecule has 0 saturated carbocycles. The van der Waals surface area contributed by atoms with Crippen molar-refractivity contribution in [3.63, 3.8) is 0 Å². The topological polar surface area (TPSA) is 72.6 Å². The summed E-state index contributed by atoms with van der Waals surface area (Å²) < 4.78 is 31.5. The lowest BCUT2D eigenvalue weighted by Crippen LogP contribution is -2.34. The van der Waals surface area contributed by atoms with Gasteiger partial charge in [-0.05, 0) is 31.0 Å². The molecule has 0 spiro atoms. The molecule has 1 aromatic carbocycles. The molecule has 1 heterocycles. The number of hydrogen-bond donors (Lipinski definition) is 1. The van der Waals surface area contributed by atoms with Crippen molar-refractivity contribution >= 4 is 27.3 Å². The molecule has 0 bridgehead atoms. The number of hydrogen-bond acceptors (Lipinski definition) is 4. The van der Waals surface area contributed by atoms with Gasteiger partial charge < -0.3 is 10.5 Å². The lowest BCUT2D eigenvalue weighted by atomic mass is 10.2. The van der Waals surface area contributed by atoms with Crippen molar-refractivity contribution < 1.29 is 13.2 Å². The molecule has 2 N–H and O–H groups in total. The van der Waals surface area contributed by atoms with E-state index in [9.17, 15) is 8.42 Å². The number of ether oxygens (including phenoxy) is 1. The summed E-state index contributed by atoms with van der Waals surface area (Å²) in [7, 11) is -2.01. The van der Waals surface area contributed by atoms with Gasteiger partial charge in [-0.1, -0.05) is 11.6 Å². The molecule has 0 aliphatic carbocycles. The third kappa shape index (κ3) is 3.20. The summed E-state index contributed by atoms with van der Waals surface area (Å²) in [5, 5.41) is 0.242. The Kier molecular flexibility index (Phi) is 4.35. The van der Waals surface area contributed by atoms with Crippen LogP contribution < -0.4 is 5.73 Å². The maximum atomic E-state index is 12.4. The van der Waals surface area contributed by atoms with Gasteiger partial charge in [-0.3, -0.25) is 0 Å². The molecule has 1 aliphatic rings. The highest BCUT2D eigenvalue weighted by Crippen LogP contribution is 2.25. The van der Waals surface area contributed by atoms with Crippen molar-refractivity contribution in [2.24, 2.45) is 0 Å². The number of halogens is 1. The van der Waals surface area contributed by atoms with E-state index in [4.69, 9.17) is 22.1 Å². The Bertz CT molecular complexity index is 556. The molecular formula is C12H17ClN2O3S. The van der Waals surface area contributed by atoms with Crippen molar-refractivity contribution in [1.82, 2.24) is 4.31 Å². The van der Waals surface area contributed by atoms with Gasteiger partial charge in [0.25, 0.3) is 0 Å². The van der Waals surface area contributed by atoms with Crippen LogP contribution >= 0.6 is 11.6 Å². The van der Waals surface area contributed by atoms with Crippen LogP contribution in [0, 0.1) is 0 Å². The average Bonchev–Trinajstić information content (AvgIpc) is 2.85. The molecule has 1 aromatic rings. The van der Waals surface area contributed by atoms with Gasteiger partial charge in [0.05, 0.1) is 21.7 Å². The maximum Gasteiger partial charge on any atom is 0.242 e. The van der Waals surface area contributed by atoms with E-state index in [1.54, 1.807) is 7.05 Å². The standard InChI is InChI=1S/C12H17ClN2O3S/c1-15(8-9-3-2-6-18-9)19(16,17)10-4-5-12(14)11(13)7-10/h4-5,7,9H,2-3,6,8,14H2,1H3. The molecule has 1 atom stereocenters. The van der Waals surface area contributed by atoms with Gasteiger partial charge in [-0.15, -0.1) is 0 Å². The number of sulfonamides is 1. The number of anilines is 1. The molecule has 19 heavy (non-hydrogen) atoms. The van der Waals surface area contributed by atoms with Crippen molar-refractivity contribution in [2.75, 3.05) is 25.9 Å². The fourth-order valence-corrected chi connectivity index (χ4v) is 3.50. The quantitative estimate of drug-likeness (QED) is 0.860. The van der Waals surface area contributed by atoms with E-state index < -0.39 is 10.0 Å². The Labute approximate surface area is 118 Å². The number of nitrogens with two attached hydrogens (primary N) is 1. The van der Waals surface area contributed by atoms with Crippen LogP contribution in [0.15, 0.2) is 23.1 Å². The summed E-state index contributed by atoms with van der Waals surface area (Å²) in [4.78, 5) is 0.146. The monoisotopic (exact) mass is 304 g/mol. The maximum absolute atomic E-state index is 12.4. The number of benzene rings is 1. The first-order valence-corrected chi connectivity index (χ1v) is 7.86. The van der Waals surface area contributed by atoms with Gasteiger partial charge in [0.1, 0.15) is 0 Å². The van der Waals surface area contributed by atoms with E-state index in [0.29, 0.717) is 18.8 Å². The van der Waals surface area contributed by atoms with Gasteiger partial charge in [0, 0.05) is 20.2 Å². The second-order valence-corrected chi connectivity index (χ2v) is 7.06. The molecule has 0 radical (unpaired) electrons. The smallest absolute Gasteiger partial charge is 0.242 e. The first kappa shape index (κ1) is 14.6. The van der Waals surface area contributed by atoms with E-state index in [1.807, 2.05) is 0 Å². The van der Waals surface area contributed by atoms with E-state index in [1.165, 1.54) is 22.5 Å². The number of nitrogen functional groups attached to an aromatic ring is 1. The molecule has 1 aliphatic heterocycles. The van der Waals surface area contributed by atoms with E-state index in [2.05, 4.69) is 0 Å². The lowest BCUT2D eigenvalue weighted by molar-refractivity contribution is 0.0979. The minimum Gasteiger partial charge on any atom is -0.398 e.